The van der Waals surface area contributed by atoms with Crippen molar-refractivity contribution in [3.8, 4) is 0 Å². The van der Waals surface area contributed by atoms with E-state index < -0.39 is 10.0 Å². The van der Waals surface area contributed by atoms with Gasteiger partial charge in [0, 0.05) is 23.2 Å². The van der Waals surface area contributed by atoms with Crippen LogP contribution in [0, 0.1) is 12.8 Å². The van der Waals surface area contributed by atoms with E-state index in [1.54, 1.807) is 36.4 Å². The molecule has 1 fully saturated rings. The van der Waals surface area contributed by atoms with Gasteiger partial charge in [0.2, 0.25) is 5.91 Å². The lowest BCUT2D eigenvalue weighted by atomic mass is 9.95. The molecule has 8 heteroatoms. The molecule has 2 N–H and O–H groups in total. The van der Waals surface area contributed by atoms with Gasteiger partial charge in [-0.1, -0.05) is 47.5 Å². The van der Waals surface area contributed by atoms with Crippen LogP contribution in [-0.4, -0.2) is 32.3 Å². The number of aryl methyl sites for hydroxylation is 1. The molecule has 3 aromatic carbocycles. The van der Waals surface area contributed by atoms with Gasteiger partial charge in [-0.3, -0.25) is 14.4 Å². The Bertz CT molecular complexity index is 1250. The molecule has 0 aromatic heterocycles. The van der Waals surface area contributed by atoms with Gasteiger partial charge < -0.3 is 5.32 Å². The summed E-state index contributed by atoms with van der Waals surface area (Å²) in [4.78, 5) is 15.2. The van der Waals surface area contributed by atoms with Crippen LogP contribution < -0.4 is 10.0 Å². The molecular weight excluding hydrogens is 470 g/mol. The highest BCUT2D eigenvalue weighted by molar-refractivity contribution is 7.92. The maximum absolute atomic E-state index is 12.8. The van der Waals surface area contributed by atoms with Crippen molar-refractivity contribution in [2.24, 2.45) is 5.92 Å². The fourth-order valence-corrected chi connectivity index (χ4v) is 5.39. The number of carbonyl (C=O) groups is 1. The minimum Gasteiger partial charge on any atom is -0.326 e. The summed E-state index contributed by atoms with van der Waals surface area (Å²) in [6.07, 6.45) is 1.60. The van der Waals surface area contributed by atoms with Crippen molar-refractivity contribution >= 4 is 38.9 Å². The van der Waals surface area contributed by atoms with Crippen molar-refractivity contribution < 1.29 is 13.2 Å². The zero-order valence-electron chi connectivity index (χ0n) is 19.0. The third kappa shape index (κ3) is 6.38. The Balaban J connectivity index is 1.30. The number of benzene rings is 3. The Kier molecular flexibility index (Phi) is 7.56. The van der Waals surface area contributed by atoms with Gasteiger partial charge in [-0.2, -0.15) is 0 Å². The van der Waals surface area contributed by atoms with Crippen LogP contribution in [0.3, 0.4) is 0 Å². The van der Waals surface area contributed by atoms with Gasteiger partial charge in [-0.15, -0.1) is 0 Å². The lowest BCUT2D eigenvalue weighted by molar-refractivity contribution is -0.121. The number of rotatable bonds is 7. The number of carbonyl (C=O) groups excluding carboxylic acids is 1. The molecule has 1 aliphatic rings. The quantitative estimate of drug-likeness (QED) is 0.464. The fourth-order valence-electron chi connectivity index (χ4n) is 4.15. The number of sulfonamides is 1. The van der Waals surface area contributed by atoms with Crippen molar-refractivity contribution in [2.75, 3.05) is 23.1 Å². The predicted molar refractivity (Wildman–Crippen MR) is 137 cm³/mol. The van der Waals surface area contributed by atoms with Crippen molar-refractivity contribution in [2.45, 2.75) is 31.2 Å². The second-order valence-electron chi connectivity index (χ2n) is 8.67. The summed E-state index contributed by atoms with van der Waals surface area (Å²) in [6.45, 7) is 4.74. The van der Waals surface area contributed by atoms with E-state index >= 15 is 0 Å². The zero-order chi connectivity index (χ0) is 24.1. The van der Waals surface area contributed by atoms with E-state index in [-0.39, 0.29) is 16.7 Å². The van der Waals surface area contributed by atoms with Crippen molar-refractivity contribution in [1.29, 1.82) is 0 Å². The number of hydrogen-bond donors (Lipinski definition) is 2. The van der Waals surface area contributed by atoms with Gasteiger partial charge in [0.1, 0.15) is 0 Å². The van der Waals surface area contributed by atoms with Gasteiger partial charge >= 0.3 is 0 Å². The number of likely N-dealkylation sites (tertiary alicyclic amines) is 1. The summed E-state index contributed by atoms with van der Waals surface area (Å²) in [7, 11) is -3.76. The number of nitrogens with zero attached hydrogens (tertiary/aromatic N) is 1. The molecule has 0 spiro atoms. The average molecular weight is 498 g/mol. The molecule has 0 aliphatic carbocycles. The summed E-state index contributed by atoms with van der Waals surface area (Å²) in [5, 5.41) is 3.37. The molecule has 34 heavy (non-hydrogen) atoms. The van der Waals surface area contributed by atoms with Crippen LogP contribution in [0.4, 0.5) is 11.4 Å². The zero-order valence-corrected chi connectivity index (χ0v) is 20.6. The Morgan fingerprint density at radius 1 is 0.971 bits per heavy atom. The monoisotopic (exact) mass is 497 g/mol. The lowest BCUT2D eigenvalue weighted by Crippen LogP contribution is -2.37. The van der Waals surface area contributed by atoms with Gasteiger partial charge in [-0.25, -0.2) is 8.42 Å². The van der Waals surface area contributed by atoms with Crippen LogP contribution in [-0.2, 0) is 21.4 Å². The second kappa shape index (κ2) is 10.6. The minimum absolute atomic E-state index is 0.0251. The normalized spacial score (nSPS) is 15.1. The molecule has 0 radical (unpaired) electrons. The highest BCUT2D eigenvalue weighted by atomic mass is 35.5. The largest absolute Gasteiger partial charge is 0.326 e. The minimum atomic E-state index is -3.76. The summed E-state index contributed by atoms with van der Waals surface area (Å²) < 4.78 is 27.8. The van der Waals surface area contributed by atoms with E-state index in [4.69, 9.17) is 11.6 Å². The highest BCUT2D eigenvalue weighted by Gasteiger charge is 2.25. The number of nitrogens with one attached hydrogen (secondary N) is 2. The molecule has 178 valence electrons. The van der Waals surface area contributed by atoms with Crippen molar-refractivity contribution in [1.82, 2.24) is 4.90 Å². The average Bonchev–Trinajstić information content (AvgIpc) is 2.80. The first kappa shape index (κ1) is 24.3. The molecule has 4 rings (SSSR count). The van der Waals surface area contributed by atoms with E-state index in [1.807, 2.05) is 0 Å². The highest BCUT2D eigenvalue weighted by Crippen LogP contribution is 2.23. The first-order valence-corrected chi connectivity index (χ1v) is 13.1. The Morgan fingerprint density at radius 3 is 2.35 bits per heavy atom. The van der Waals surface area contributed by atoms with Crippen LogP contribution in [0.15, 0.2) is 77.7 Å². The molecule has 1 heterocycles. The van der Waals surface area contributed by atoms with Crippen LogP contribution >= 0.6 is 11.6 Å². The van der Waals surface area contributed by atoms with Crippen LogP contribution in [0.2, 0.25) is 5.02 Å². The molecule has 1 amide bonds. The standard InChI is InChI=1S/C26H28ClN3O3S/c1-19-4-2-5-20(16-19)18-30-14-12-21(13-15-30)26(31)28-23-8-10-25(11-9-23)34(32,33)29-24-7-3-6-22(27)17-24/h2-11,16-17,21,29H,12-15,18H2,1H3,(H,28,31). The number of halogens is 1. The number of piperidine rings is 1. The molecule has 1 saturated heterocycles. The van der Waals surface area contributed by atoms with Gasteiger partial charge in [0.05, 0.1) is 10.6 Å². The predicted octanol–water partition coefficient (Wildman–Crippen LogP) is 5.30. The SMILES string of the molecule is Cc1cccc(CN2CCC(C(=O)Nc3ccc(S(=O)(=O)Nc4cccc(Cl)c4)cc3)CC2)c1. The van der Waals surface area contributed by atoms with Crippen LogP contribution in [0.1, 0.15) is 24.0 Å². The summed E-state index contributed by atoms with van der Waals surface area (Å²) in [5.74, 6) is -0.0791. The molecule has 6 nitrogen and oxygen atoms in total. The molecule has 0 unspecified atom stereocenters. The third-order valence-corrected chi connectivity index (χ3v) is 7.59. The Morgan fingerprint density at radius 2 is 1.68 bits per heavy atom. The van der Waals surface area contributed by atoms with Gasteiger partial charge in [0.25, 0.3) is 10.0 Å². The van der Waals surface area contributed by atoms with Gasteiger partial charge in [0.15, 0.2) is 0 Å². The van der Waals surface area contributed by atoms with E-state index in [0.29, 0.717) is 16.4 Å². The second-order valence-corrected chi connectivity index (χ2v) is 10.8. The molecule has 0 saturated carbocycles. The molecule has 3 aromatic rings. The lowest BCUT2D eigenvalue weighted by Gasteiger charge is -2.31. The van der Waals surface area contributed by atoms with Crippen LogP contribution in [0.25, 0.3) is 0 Å². The summed E-state index contributed by atoms with van der Waals surface area (Å²) in [6, 6.07) is 21.2. The Labute approximate surface area is 206 Å². The fraction of sp³-hybridized carbons (Fsp3) is 0.269. The van der Waals surface area contributed by atoms with E-state index in [1.165, 1.54) is 23.3 Å². The summed E-state index contributed by atoms with van der Waals surface area (Å²) in [5.41, 5.74) is 3.51. The number of amides is 1. The van der Waals surface area contributed by atoms with Gasteiger partial charge in [-0.05, 0) is 80.9 Å². The van der Waals surface area contributed by atoms with E-state index in [9.17, 15) is 13.2 Å². The first-order chi connectivity index (χ1) is 16.3. The maximum atomic E-state index is 12.8. The third-order valence-electron chi connectivity index (χ3n) is 5.96. The summed E-state index contributed by atoms with van der Waals surface area (Å²) >= 11 is 5.93. The van der Waals surface area contributed by atoms with Crippen molar-refractivity contribution in [3.05, 3.63) is 88.9 Å². The smallest absolute Gasteiger partial charge is 0.261 e. The number of anilines is 2. The Hall–Kier alpha value is -2.87. The van der Waals surface area contributed by atoms with Crippen molar-refractivity contribution in [3.63, 3.8) is 0 Å². The van der Waals surface area contributed by atoms with E-state index in [0.717, 1.165) is 32.5 Å². The number of hydrogen-bond acceptors (Lipinski definition) is 4. The molecule has 0 bridgehead atoms. The topological polar surface area (TPSA) is 78.5 Å². The molecule has 1 aliphatic heterocycles. The maximum Gasteiger partial charge on any atom is 0.261 e. The van der Waals surface area contributed by atoms with Crippen LogP contribution in [0.5, 0.6) is 0 Å². The first-order valence-electron chi connectivity index (χ1n) is 11.3. The molecular formula is C26H28ClN3O3S. The van der Waals surface area contributed by atoms with E-state index in [2.05, 4.69) is 46.1 Å². The molecule has 0 atom stereocenters.